The third-order valence-electron chi connectivity index (χ3n) is 4.75. The zero-order valence-electron chi connectivity index (χ0n) is 17.2. The van der Waals surface area contributed by atoms with Crippen LogP contribution in [0.2, 0.25) is 0 Å². The fourth-order valence-corrected chi connectivity index (χ4v) is 3.63. The van der Waals surface area contributed by atoms with Crippen LogP contribution >= 0.6 is 0 Å². The topological polar surface area (TPSA) is 90.3 Å². The van der Waals surface area contributed by atoms with Crippen LogP contribution in [0, 0.1) is 6.92 Å². The van der Waals surface area contributed by atoms with E-state index in [2.05, 4.69) is 9.71 Å². The van der Waals surface area contributed by atoms with Crippen molar-refractivity contribution in [2.75, 3.05) is 19.4 Å². The lowest BCUT2D eigenvalue weighted by atomic mass is 9.98. The quantitative estimate of drug-likeness (QED) is 0.742. The highest BCUT2D eigenvalue weighted by Crippen LogP contribution is 2.21. The molecule has 0 amide bonds. The Labute approximate surface area is 173 Å². The number of rotatable bonds is 7. The Balaban J connectivity index is 0.000000426. The number of ether oxygens (including phenoxy) is 1. The highest BCUT2D eigenvalue weighted by atomic mass is 32.2. The molecule has 7 nitrogen and oxygen atoms in total. The summed E-state index contributed by atoms with van der Waals surface area (Å²) in [6, 6.07) is 11.6. The molecule has 1 aliphatic rings. The zero-order valence-corrected chi connectivity index (χ0v) is 18.0. The van der Waals surface area contributed by atoms with Gasteiger partial charge in [-0.2, -0.15) is 0 Å². The normalized spacial score (nSPS) is 15.9. The van der Waals surface area contributed by atoms with Crippen LogP contribution in [-0.2, 0) is 14.8 Å². The van der Waals surface area contributed by atoms with Gasteiger partial charge >= 0.3 is 0 Å². The Morgan fingerprint density at radius 3 is 2.28 bits per heavy atom. The third kappa shape index (κ3) is 8.89. The summed E-state index contributed by atoms with van der Waals surface area (Å²) in [6.45, 7) is 2.09. The molecule has 160 valence electrons. The second kappa shape index (κ2) is 11.8. The highest BCUT2D eigenvalue weighted by molar-refractivity contribution is 7.88. The van der Waals surface area contributed by atoms with E-state index in [0.29, 0.717) is 5.56 Å². The predicted molar refractivity (Wildman–Crippen MR) is 114 cm³/mol. The van der Waals surface area contributed by atoms with Crippen molar-refractivity contribution < 1.29 is 13.2 Å². The molecule has 0 saturated heterocycles. The summed E-state index contributed by atoms with van der Waals surface area (Å²) in [4.78, 5) is 16.3. The molecule has 1 aromatic carbocycles. The molecule has 1 aromatic heterocycles. The van der Waals surface area contributed by atoms with E-state index in [4.69, 9.17) is 4.74 Å². The molecule has 1 fully saturated rings. The van der Waals surface area contributed by atoms with E-state index >= 15 is 0 Å². The second-order valence-electron chi connectivity index (χ2n) is 7.31. The van der Waals surface area contributed by atoms with Crippen LogP contribution in [0.25, 0.3) is 0 Å². The van der Waals surface area contributed by atoms with Gasteiger partial charge in [-0.25, -0.2) is 18.1 Å². The van der Waals surface area contributed by atoms with Crippen LogP contribution in [0.1, 0.15) is 43.7 Å². The minimum atomic E-state index is -3.33. The first-order chi connectivity index (χ1) is 13.9. The van der Waals surface area contributed by atoms with Gasteiger partial charge in [0.2, 0.25) is 10.0 Å². The first-order valence-electron chi connectivity index (χ1n) is 9.96. The number of benzene rings is 1. The predicted octanol–water partition coefficient (Wildman–Crippen LogP) is 2.68. The van der Waals surface area contributed by atoms with Gasteiger partial charge in [0.25, 0.3) is 5.56 Å². The summed E-state index contributed by atoms with van der Waals surface area (Å²) in [5.41, 5.74) is 0.349. The van der Waals surface area contributed by atoms with E-state index in [1.54, 1.807) is 6.92 Å². The van der Waals surface area contributed by atoms with E-state index in [1.807, 2.05) is 36.4 Å². The number of hydrogen-bond donors (Lipinski definition) is 1. The monoisotopic (exact) mass is 421 g/mol. The minimum absolute atomic E-state index is 0.108. The van der Waals surface area contributed by atoms with E-state index in [-0.39, 0.29) is 24.8 Å². The maximum absolute atomic E-state index is 12.3. The Hall–Kier alpha value is -2.03. The maximum atomic E-state index is 12.3. The van der Waals surface area contributed by atoms with Crippen LogP contribution in [0.4, 0.5) is 0 Å². The van der Waals surface area contributed by atoms with Gasteiger partial charge < -0.3 is 4.74 Å². The van der Waals surface area contributed by atoms with Crippen molar-refractivity contribution in [3.05, 3.63) is 64.8 Å². The fourth-order valence-electron chi connectivity index (χ4n) is 3.14. The molecule has 29 heavy (non-hydrogen) atoms. The number of nitrogens with zero attached hydrogens (tertiary/aromatic N) is 2. The summed E-state index contributed by atoms with van der Waals surface area (Å²) in [5.74, 6) is 0. The second-order valence-corrected chi connectivity index (χ2v) is 9.14. The first-order valence-corrected chi connectivity index (χ1v) is 11.8. The molecule has 1 heterocycles. The number of nitrogens with one attached hydrogen (secondary N) is 1. The van der Waals surface area contributed by atoms with Crippen LogP contribution in [0.5, 0.6) is 0 Å². The molecule has 1 N–H and O–H groups in total. The number of sulfonamides is 1. The van der Waals surface area contributed by atoms with Gasteiger partial charge in [-0.3, -0.25) is 9.36 Å². The van der Waals surface area contributed by atoms with E-state index in [9.17, 15) is 13.2 Å². The van der Waals surface area contributed by atoms with Gasteiger partial charge in [0.05, 0.1) is 31.3 Å². The van der Waals surface area contributed by atoms with Crippen molar-refractivity contribution in [3.63, 3.8) is 0 Å². The first kappa shape index (κ1) is 23.3. The number of aromatic nitrogens is 2. The molecule has 1 unspecified atom stereocenters. The molecular weight excluding hydrogens is 390 g/mol. The Morgan fingerprint density at radius 1 is 1.14 bits per heavy atom. The largest absolute Gasteiger partial charge is 0.376 e. The van der Waals surface area contributed by atoms with Gasteiger partial charge in [-0.1, -0.05) is 55.7 Å². The number of aryl methyl sites for hydroxylation is 1. The van der Waals surface area contributed by atoms with Gasteiger partial charge in [-0.15, -0.1) is 0 Å². The van der Waals surface area contributed by atoms with Gasteiger partial charge in [0.15, 0.2) is 0 Å². The van der Waals surface area contributed by atoms with Gasteiger partial charge in [0.1, 0.15) is 0 Å². The molecule has 8 heteroatoms. The average Bonchev–Trinajstić information content (AvgIpc) is 2.72. The van der Waals surface area contributed by atoms with Gasteiger partial charge in [0, 0.05) is 18.3 Å². The van der Waals surface area contributed by atoms with Crippen LogP contribution in [-0.4, -0.2) is 43.5 Å². The zero-order chi connectivity index (χ0) is 21.1. The van der Waals surface area contributed by atoms with Crippen LogP contribution in [0.15, 0.2) is 53.7 Å². The lowest BCUT2D eigenvalue weighted by Gasteiger charge is -2.26. The SMILES string of the molecule is Cc1cncn(C(CNS(C)(=O)=O)COC2CCCCC2)c1=O.c1ccccc1. The number of hydrogen-bond acceptors (Lipinski definition) is 5. The molecule has 3 rings (SSSR count). The average molecular weight is 422 g/mol. The Morgan fingerprint density at radius 2 is 1.72 bits per heavy atom. The van der Waals surface area contributed by atoms with E-state index in [0.717, 1.165) is 31.9 Å². The fraction of sp³-hybridized carbons (Fsp3) is 0.524. The van der Waals surface area contributed by atoms with E-state index in [1.165, 1.54) is 23.5 Å². The van der Waals surface area contributed by atoms with Crippen molar-refractivity contribution in [1.82, 2.24) is 14.3 Å². The Bertz CT molecular complexity index is 852. The summed E-state index contributed by atoms with van der Waals surface area (Å²) >= 11 is 0. The van der Waals surface area contributed by atoms with E-state index < -0.39 is 16.1 Å². The molecule has 1 aliphatic carbocycles. The molecule has 0 bridgehead atoms. The van der Waals surface area contributed by atoms with Crippen molar-refractivity contribution in [2.45, 2.75) is 51.2 Å². The highest BCUT2D eigenvalue weighted by Gasteiger charge is 2.20. The smallest absolute Gasteiger partial charge is 0.256 e. The maximum Gasteiger partial charge on any atom is 0.256 e. The summed E-state index contributed by atoms with van der Waals surface area (Å²) in [5, 5.41) is 0. The van der Waals surface area contributed by atoms with Crippen molar-refractivity contribution in [1.29, 1.82) is 0 Å². The summed E-state index contributed by atoms with van der Waals surface area (Å²) in [7, 11) is -3.33. The summed E-state index contributed by atoms with van der Waals surface area (Å²) in [6.07, 6.45) is 9.82. The van der Waals surface area contributed by atoms with Crippen molar-refractivity contribution >= 4 is 10.0 Å². The molecule has 2 aromatic rings. The standard InChI is InChI=1S/C15H25N3O4S.C6H6/c1-12-8-16-11-18(15(12)19)13(9-17-23(2,20)21)10-22-14-6-4-3-5-7-14;1-2-4-6-5-3-1/h8,11,13-14,17H,3-7,9-10H2,1-2H3;1-6H. The van der Waals surface area contributed by atoms with Crippen LogP contribution in [0.3, 0.4) is 0 Å². The molecule has 1 atom stereocenters. The molecule has 0 spiro atoms. The third-order valence-corrected chi connectivity index (χ3v) is 5.44. The molecule has 0 radical (unpaired) electrons. The van der Waals surface area contributed by atoms with Crippen molar-refractivity contribution in [3.8, 4) is 0 Å². The van der Waals surface area contributed by atoms with Gasteiger partial charge in [-0.05, 0) is 19.8 Å². The molecular formula is C21H31N3O4S. The molecule has 1 saturated carbocycles. The van der Waals surface area contributed by atoms with Crippen molar-refractivity contribution in [2.24, 2.45) is 0 Å². The lowest BCUT2D eigenvalue weighted by molar-refractivity contribution is 0.0104. The molecule has 0 aliphatic heterocycles. The minimum Gasteiger partial charge on any atom is -0.376 e. The summed E-state index contributed by atoms with van der Waals surface area (Å²) < 4.78 is 32.6. The lowest BCUT2D eigenvalue weighted by Crippen LogP contribution is -2.38. The Kier molecular flexibility index (Phi) is 9.50. The van der Waals surface area contributed by atoms with Crippen LogP contribution < -0.4 is 10.3 Å².